The second-order valence-electron chi connectivity index (χ2n) is 6.71. The van der Waals surface area contributed by atoms with Gasteiger partial charge in [0.05, 0.1) is 0 Å². The van der Waals surface area contributed by atoms with Crippen molar-refractivity contribution in [3.05, 3.63) is 35.4 Å². The normalized spacial score (nSPS) is 23.5. The van der Waals surface area contributed by atoms with Gasteiger partial charge in [-0.3, -0.25) is 4.79 Å². The lowest BCUT2D eigenvalue weighted by atomic mass is 9.92. The van der Waals surface area contributed by atoms with E-state index >= 15 is 0 Å². The molecule has 0 saturated carbocycles. The summed E-state index contributed by atoms with van der Waals surface area (Å²) in [5.41, 5.74) is 2.18. The highest BCUT2D eigenvalue weighted by atomic mass is 16.2. The molecule has 0 spiro atoms. The number of amides is 1. The minimum Gasteiger partial charge on any atom is -0.336 e. The van der Waals surface area contributed by atoms with Crippen molar-refractivity contribution in [1.82, 2.24) is 15.1 Å². The molecule has 0 aliphatic carbocycles. The molecule has 2 heterocycles. The Balaban J connectivity index is 1.57. The molecule has 2 aliphatic rings. The molecule has 1 unspecified atom stereocenters. The highest BCUT2D eigenvalue weighted by Crippen LogP contribution is 2.17. The lowest BCUT2D eigenvalue weighted by molar-refractivity contribution is 0.0664. The van der Waals surface area contributed by atoms with E-state index in [0.29, 0.717) is 0 Å². The maximum absolute atomic E-state index is 12.5. The van der Waals surface area contributed by atoms with Gasteiger partial charge in [0.15, 0.2) is 0 Å². The summed E-state index contributed by atoms with van der Waals surface area (Å²) in [5, 5.41) is 3.47. The lowest BCUT2D eigenvalue weighted by Crippen LogP contribution is -2.47. The number of hydrogen-bond acceptors (Lipinski definition) is 3. The second kappa shape index (κ2) is 7.25. The third kappa shape index (κ3) is 3.87. The Morgan fingerprint density at radius 3 is 2.55 bits per heavy atom. The van der Waals surface area contributed by atoms with Crippen LogP contribution in [0.25, 0.3) is 0 Å². The summed E-state index contributed by atoms with van der Waals surface area (Å²) in [6, 6.07) is 8.29. The molecule has 1 aromatic rings. The van der Waals surface area contributed by atoms with E-state index in [4.69, 9.17) is 0 Å². The molecule has 1 aromatic carbocycles. The average molecular weight is 301 g/mol. The van der Waals surface area contributed by atoms with Crippen LogP contribution in [0.1, 0.15) is 28.8 Å². The summed E-state index contributed by atoms with van der Waals surface area (Å²) in [7, 11) is 2.11. The largest absolute Gasteiger partial charge is 0.336 e. The summed E-state index contributed by atoms with van der Waals surface area (Å²) in [6.45, 7) is 5.91. The van der Waals surface area contributed by atoms with Gasteiger partial charge in [-0.2, -0.15) is 0 Å². The monoisotopic (exact) mass is 301 g/mol. The van der Waals surface area contributed by atoms with Crippen LogP contribution >= 0.6 is 0 Å². The van der Waals surface area contributed by atoms with Crippen LogP contribution in [-0.4, -0.2) is 62.0 Å². The molecule has 1 amide bonds. The summed E-state index contributed by atoms with van der Waals surface area (Å²) >= 11 is 0. The van der Waals surface area contributed by atoms with Crippen LogP contribution < -0.4 is 5.32 Å². The number of piperazine rings is 1. The zero-order valence-corrected chi connectivity index (χ0v) is 13.6. The number of nitrogens with zero attached hydrogens (tertiary/aromatic N) is 2. The van der Waals surface area contributed by atoms with Crippen LogP contribution in [0.3, 0.4) is 0 Å². The summed E-state index contributed by atoms with van der Waals surface area (Å²) in [6.07, 6.45) is 3.72. The second-order valence-corrected chi connectivity index (χ2v) is 6.71. The standard InChI is InChI=1S/C18H27N3O/c1-20-9-11-21(12-10-20)18(22)17-6-4-15(5-7-17)13-16-3-2-8-19-14-16/h4-7,16,19H,2-3,8-14H2,1H3. The molecule has 2 fully saturated rings. The molecule has 1 atom stereocenters. The molecular formula is C18H27N3O. The van der Waals surface area contributed by atoms with Gasteiger partial charge in [-0.1, -0.05) is 12.1 Å². The number of hydrogen-bond donors (Lipinski definition) is 1. The number of benzene rings is 1. The van der Waals surface area contributed by atoms with Crippen LogP contribution in [0.4, 0.5) is 0 Å². The third-order valence-electron chi connectivity index (χ3n) is 4.91. The first-order valence-electron chi connectivity index (χ1n) is 8.50. The van der Waals surface area contributed by atoms with Gasteiger partial charge in [0.2, 0.25) is 0 Å². The molecule has 0 radical (unpaired) electrons. The fourth-order valence-corrected chi connectivity index (χ4v) is 3.41. The summed E-state index contributed by atoms with van der Waals surface area (Å²) in [5.74, 6) is 0.923. The number of rotatable bonds is 3. The quantitative estimate of drug-likeness (QED) is 0.921. The van der Waals surface area contributed by atoms with Crippen molar-refractivity contribution in [1.29, 1.82) is 0 Å². The number of likely N-dealkylation sites (N-methyl/N-ethyl adjacent to an activating group) is 1. The minimum absolute atomic E-state index is 0.180. The molecular weight excluding hydrogens is 274 g/mol. The Morgan fingerprint density at radius 1 is 1.18 bits per heavy atom. The molecule has 120 valence electrons. The van der Waals surface area contributed by atoms with Gasteiger partial charge in [0.25, 0.3) is 5.91 Å². The van der Waals surface area contributed by atoms with Gasteiger partial charge in [-0.15, -0.1) is 0 Å². The van der Waals surface area contributed by atoms with Crippen molar-refractivity contribution in [3.8, 4) is 0 Å². The molecule has 0 bridgehead atoms. The van der Waals surface area contributed by atoms with Crippen LogP contribution in [0, 0.1) is 5.92 Å². The SMILES string of the molecule is CN1CCN(C(=O)c2ccc(CC3CCCNC3)cc2)CC1. The Bertz CT molecular complexity index is 486. The zero-order chi connectivity index (χ0) is 15.4. The predicted molar refractivity (Wildman–Crippen MR) is 89.1 cm³/mol. The van der Waals surface area contributed by atoms with Crippen molar-refractivity contribution in [3.63, 3.8) is 0 Å². The zero-order valence-electron chi connectivity index (χ0n) is 13.6. The van der Waals surface area contributed by atoms with E-state index in [1.54, 1.807) is 0 Å². The van der Waals surface area contributed by atoms with Crippen molar-refractivity contribution >= 4 is 5.91 Å². The molecule has 3 rings (SSSR count). The highest BCUT2D eigenvalue weighted by molar-refractivity contribution is 5.94. The molecule has 1 N–H and O–H groups in total. The average Bonchev–Trinajstić information content (AvgIpc) is 2.57. The molecule has 4 heteroatoms. The fraction of sp³-hybridized carbons (Fsp3) is 0.611. The number of carbonyl (C=O) groups is 1. The molecule has 4 nitrogen and oxygen atoms in total. The Hall–Kier alpha value is -1.39. The molecule has 2 aliphatic heterocycles. The first-order valence-corrected chi connectivity index (χ1v) is 8.50. The van der Waals surface area contributed by atoms with Crippen LogP contribution in [0.2, 0.25) is 0 Å². The topological polar surface area (TPSA) is 35.6 Å². The van der Waals surface area contributed by atoms with Gasteiger partial charge in [-0.25, -0.2) is 0 Å². The van der Waals surface area contributed by atoms with E-state index in [1.807, 2.05) is 17.0 Å². The van der Waals surface area contributed by atoms with E-state index in [0.717, 1.165) is 57.2 Å². The summed E-state index contributed by atoms with van der Waals surface area (Å²) in [4.78, 5) is 16.7. The van der Waals surface area contributed by atoms with Gasteiger partial charge < -0.3 is 15.1 Å². The molecule has 22 heavy (non-hydrogen) atoms. The van der Waals surface area contributed by atoms with Crippen molar-refractivity contribution in [2.24, 2.45) is 5.92 Å². The Kier molecular flexibility index (Phi) is 5.11. The van der Waals surface area contributed by atoms with Gasteiger partial charge in [0, 0.05) is 31.7 Å². The molecule has 0 aromatic heterocycles. The number of nitrogens with one attached hydrogen (secondary N) is 1. The minimum atomic E-state index is 0.180. The number of carbonyl (C=O) groups excluding carboxylic acids is 1. The van der Waals surface area contributed by atoms with E-state index in [9.17, 15) is 4.79 Å². The van der Waals surface area contributed by atoms with E-state index in [2.05, 4.69) is 29.4 Å². The fourth-order valence-electron chi connectivity index (χ4n) is 3.41. The van der Waals surface area contributed by atoms with E-state index in [1.165, 1.54) is 18.4 Å². The first kappa shape index (κ1) is 15.5. The smallest absolute Gasteiger partial charge is 0.253 e. The van der Waals surface area contributed by atoms with Gasteiger partial charge in [0.1, 0.15) is 0 Å². The van der Waals surface area contributed by atoms with Crippen molar-refractivity contribution < 1.29 is 4.79 Å². The van der Waals surface area contributed by atoms with Crippen LogP contribution in [0.15, 0.2) is 24.3 Å². The van der Waals surface area contributed by atoms with Crippen LogP contribution in [-0.2, 0) is 6.42 Å². The predicted octanol–water partition coefficient (Wildman–Crippen LogP) is 1.62. The first-order chi connectivity index (χ1) is 10.7. The Morgan fingerprint density at radius 2 is 1.91 bits per heavy atom. The van der Waals surface area contributed by atoms with E-state index < -0.39 is 0 Å². The van der Waals surface area contributed by atoms with Gasteiger partial charge in [-0.05, 0) is 63.0 Å². The lowest BCUT2D eigenvalue weighted by Gasteiger charge is -2.32. The summed E-state index contributed by atoms with van der Waals surface area (Å²) < 4.78 is 0. The van der Waals surface area contributed by atoms with Crippen molar-refractivity contribution in [2.75, 3.05) is 46.3 Å². The Labute approximate surface area is 133 Å². The van der Waals surface area contributed by atoms with E-state index in [-0.39, 0.29) is 5.91 Å². The van der Waals surface area contributed by atoms with Crippen molar-refractivity contribution in [2.45, 2.75) is 19.3 Å². The van der Waals surface area contributed by atoms with Crippen LogP contribution in [0.5, 0.6) is 0 Å². The highest BCUT2D eigenvalue weighted by Gasteiger charge is 2.20. The maximum atomic E-state index is 12.5. The number of piperidine rings is 1. The third-order valence-corrected chi connectivity index (χ3v) is 4.91. The molecule has 2 saturated heterocycles. The van der Waals surface area contributed by atoms with Gasteiger partial charge >= 0.3 is 0 Å². The maximum Gasteiger partial charge on any atom is 0.253 e.